The van der Waals surface area contributed by atoms with E-state index in [1.807, 2.05) is 12.2 Å². The summed E-state index contributed by atoms with van der Waals surface area (Å²) in [5.74, 6) is 0. The van der Waals surface area contributed by atoms with Crippen molar-refractivity contribution in [1.29, 1.82) is 0 Å². The van der Waals surface area contributed by atoms with Crippen LogP contribution in [0, 0.1) is 91.6 Å². The van der Waals surface area contributed by atoms with Crippen LogP contribution in [0.1, 0.15) is 0 Å². The van der Waals surface area contributed by atoms with Crippen molar-refractivity contribution in [3.63, 3.8) is 0 Å². The molecule has 2 heteroatoms. The molecule has 0 spiro atoms. The zero-order valence-electron chi connectivity index (χ0n) is 3.42. The fourth-order valence-corrected chi connectivity index (χ4v) is 0.761. The van der Waals surface area contributed by atoms with Crippen LogP contribution in [0.5, 0.6) is 0 Å². The van der Waals surface area contributed by atoms with Crippen molar-refractivity contribution in [3.8, 4) is 0 Å². The van der Waals surface area contributed by atoms with Gasteiger partial charge in [0, 0.05) is 46.9 Å². The van der Waals surface area contributed by atoms with Crippen molar-refractivity contribution in [2.45, 2.75) is 0.676 Å². The fourth-order valence-electron chi connectivity index (χ4n) is 0.380. The summed E-state index contributed by atoms with van der Waals surface area (Å²) in [5.41, 5.74) is 0. The van der Waals surface area contributed by atoms with Gasteiger partial charge in [-0.1, -0.05) is 0 Å². The minimum atomic E-state index is 0. The Morgan fingerprint density at radius 2 is 1.57 bits per heavy atom. The van der Waals surface area contributed by atoms with Crippen LogP contribution in [0.25, 0.3) is 0 Å². The molecule has 0 radical (unpaired) electrons. The number of allylic oxidation sites excluding steroid dienone is 4. The van der Waals surface area contributed by atoms with E-state index in [1.165, 1.54) is 0 Å². The van der Waals surface area contributed by atoms with E-state index in [1.54, 1.807) is 0 Å². The molecule has 0 amide bonds. The zero-order valence-corrected chi connectivity index (χ0v) is 6.85. The van der Waals surface area contributed by atoms with E-state index in [9.17, 15) is 0 Å². The molecule has 0 unspecified atom stereocenters. The summed E-state index contributed by atoms with van der Waals surface area (Å²) in [5, 5.41) is 0. The fraction of sp³-hybridized carbons (Fsp3) is 0.200. The van der Waals surface area contributed by atoms with Crippen LogP contribution in [0.2, 0.25) is 0.676 Å². The van der Waals surface area contributed by atoms with Gasteiger partial charge in [-0.3, -0.25) is 0 Å². The van der Waals surface area contributed by atoms with Gasteiger partial charge in [0.05, 0.1) is 0 Å². The van der Waals surface area contributed by atoms with Gasteiger partial charge in [-0.05, 0) is 0 Å². The monoisotopic (exact) mass is 413 g/mol. The summed E-state index contributed by atoms with van der Waals surface area (Å²) in [6, 6.07) is 0. The molecule has 0 atom stereocenters. The van der Waals surface area contributed by atoms with Gasteiger partial charge >= 0.3 is 69.6 Å². The van der Waals surface area contributed by atoms with E-state index in [0.29, 0.717) is 0.676 Å². The average Bonchev–Trinajstić information content (AvgIpc) is 1.86. The van der Waals surface area contributed by atoms with Gasteiger partial charge in [-0.25, -0.2) is 0 Å². The van der Waals surface area contributed by atoms with Gasteiger partial charge in [-0.2, -0.15) is 0 Å². The Morgan fingerprint density at radius 1 is 1.14 bits per heavy atom. The molecule has 0 aromatic carbocycles. The van der Waals surface area contributed by atoms with Crippen LogP contribution < -0.4 is 0 Å². The SMILES string of the molecule is [Yb].[Yb][CH]1C=CC=C1. The van der Waals surface area contributed by atoms with Gasteiger partial charge in [0.15, 0.2) is 0 Å². The normalized spacial score (nSPS) is 17.4. The standard InChI is InChI=1S/C5H5.2Yb/c1-2-4-5-3-1;;/h1-5H;;. The molecule has 1 aliphatic rings. The summed E-state index contributed by atoms with van der Waals surface area (Å²) in [6.07, 6.45) is 8.29. The summed E-state index contributed by atoms with van der Waals surface area (Å²) in [6.45, 7) is 0. The summed E-state index contributed by atoms with van der Waals surface area (Å²) >= 11 is 3.05. The third-order valence-corrected chi connectivity index (χ3v) is 1.32. The Hall–Kier alpha value is 2.52. The number of hydrogen-bond donors (Lipinski definition) is 0. The molecule has 0 N–H and O–H groups in total. The summed E-state index contributed by atoms with van der Waals surface area (Å²) in [4.78, 5) is 0. The molecule has 1 aliphatic carbocycles. The van der Waals surface area contributed by atoms with Gasteiger partial charge in [0.1, 0.15) is 0 Å². The van der Waals surface area contributed by atoms with Crippen LogP contribution >= 0.6 is 0 Å². The molecule has 0 bridgehead atoms. The maximum atomic E-state index is 3.05. The predicted octanol–water partition coefficient (Wildman–Crippen LogP) is 1.45. The molecule has 1 rings (SSSR count). The van der Waals surface area contributed by atoms with Crippen LogP contribution in [0.4, 0.5) is 0 Å². The topological polar surface area (TPSA) is 0 Å². The van der Waals surface area contributed by atoms with Crippen LogP contribution in [-0.2, 0) is 0 Å². The average molecular weight is 411 g/mol. The molecule has 0 saturated carbocycles. The summed E-state index contributed by atoms with van der Waals surface area (Å²) < 4.78 is 0.546. The molecule has 0 saturated heterocycles. The van der Waals surface area contributed by atoms with Gasteiger partial charge in [-0.15, -0.1) is 0 Å². The molecular formula is C5H5Yb2. The Kier molecular flexibility index (Phi) is 7.23. The van der Waals surface area contributed by atoms with Gasteiger partial charge in [0.25, 0.3) is 0 Å². The minimum absolute atomic E-state index is 0. The third kappa shape index (κ3) is 4.00. The van der Waals surface area contributed by atoms with E-state index in [4.69, 9.17) is 0 Å². The van der Waals surface area contributed by atoms with Gasteiger partial charge < -0.3 is 0 Å². The van der Waals surface area contributed by atoms with Gasteiger partial charge in [0.2, 0.25) is 0 Å². The zero-order chi connectivity index (χ0) is 4.41. The first kappa shape index (κ1) is 9.52. The van der Waals surface area contributed by atoms with Crippen molar-refractivity contribution in [1.82, 2.24) is 0 Å². The first-order valence-corrected chi connectivity index (χ1v) is 2.81. The molecular weight excluding hydrogens is 406 g/mol. The molecule has 0 aromatic rings. The second kappa shape index (κ2) is 5.32. The third-order valence-electron chi connectivity index (χ3n) is 0.658. The quantitative estimate of drug-likeness (QED) is 0.567. The van der Waals surface area contributed by atoms with Crippen molar-refractivity contribution in [3.05, 3.63) is 24.3 Å². The maximum absolute atomic E-state index is 3.05. The summed E-state index contributed by atoms with van der Waals surface area (Å²) in [7, 11) is 0. The Morgan fingerprint density at radius 3 is 1.71 bits per heavy atom. The predicted molar refractivity (Wildman–Crippen MR) is 22.0 cm³/mol. The molecule has 0 heterocycles. The number of hydrogen-bond acceptors (Lipinski definition) is 0. The van der Waals surface area contributed by atoms with E-state index < -0.39 is 0 Å². The number of rotatable bonds is 0. The molecule has 0 aromatic heterocycles. The Labute approximate surface area is 113 Å². The van der Waals surface area contributed by atoms with Crippen molar-refractivity contribution in [2.24, 2.45) is 0 Å². The molecule has 0 fully saturated rings. The van der Waals surface area contributed by atoms with Crippen molar-refractivity contribution in [2.75, 3.05) is 0 Å². The molecule has 0 nitrogen and oxygen atoms in total. The first-order valence-electron chi connectivity index (χ1n) is 1.82. The van der Waals surface area contributed by atoms with Crippen LogP contribution in [0.15, 0.2) is 24.3 Å². The molecule has 53 valence electrons. The van der Waals surface area contributed by atoms with Crippen LogP contribution in [-0.4, -0.2) is 0 Å². The van der Waals surface area contributed by atoms with Crippen LogP contribution in [0.3, 0.4) is 0 Å². The van der Waals surface area contributed by atoms with Crippen molar-refractivity contribution >= 4 is 0 Å². The second-order valence-corrected chi connectivity index (χ2v) is 2.28. The van der Waals surface area contributed by atoms with Crippen molar-refractivity contribution < 1.29 is 91.6 Å². The molecule has 0 aliphatic heterocycles. The Bertz CT molecular complexity index is 82.3. The van der Waals surface area contributed by atoms with E-state index >= 15 is 0 Å². The van der Waals surface area contributed by atoms with E-state index in [0.717, 1.165) is 0 Å². The Balaban J connectivity index is 0.000000360. The van der Waals surface area contributed by atoms with E-state index in [-0.39, 0.29) is 46.9 Å². The van der Waals surface area contributed by atoms with E-state index in [2.05, 4.69) is 56.8 Å². The first-order chi connectivity index (χ1) is 2.89. The second-order valence-electron chi connectivity index (χ2n) is 1.14. The molecule has 7 heavy (non-hydrogen) atoms.